The Kier molecular flexibility index (Phi) is 3.23. The number of amides is 1. The van der Waals surface area contributed by atoms with E-state index in [0.717, 1.165) is 4.90 Å². The molecule has 0 aliphatic rings. The molecule has 3 heteroatoms. The van der Waals surface area contributed by atoms with Crippen LogP contribution in [0.15, 0.2) is 43.1 Å². The Labute approximate surface area is 76.9 Å². The van der Waals surface area contributed by atoms with Gasteiger partial charge >= 0.3 is 0 Å². The predicted octanol–water partition coefficient (Wildman–Crippen LogP) is 1.22. The quantitative estimate of drug-likeness (QED) is 0.705. The maximum Gasteiger partial charge on any atom is 0.259 e. The summed E-state index contributed by atoms with van der Waals surface area (Å²) < 4.78 is 0. The molecule has 0 aliphatic carbocycles. The van der Waals surface area contributed by atoms with Crippen molar-refractivity contribution in [1.29, 1.82) is 0 Å². The van der Waals surface area contributed by atoms with E-state index in [2.05, 4.69) is 6.58 Å². The number of carbonyl (C=O) groups is 1. The lowest BCUT2D eigenvalue weighted by atomic mass is 10.2. The summed E-state index contributed by atoms with van der Waals surface area (Å²) >= 11 is 0. The highest BCUT2D eigenvalue weighted by molar-refractivity contribution is 5.94. The van der Waals surface area contributed by atoms with Gasteiger partial charge in [0.15, 0.2) is 0 Å². The summed E-state index contributed by atoms with van der Waals surface area (Å²) in [6.45, 7) is 3.07. The molecule has 0 saturated heterocycles. The Hall–Kier alpha value is -1.61. The molecule has 1 amide bonds. The van der Waals surface area contributed by atoms with Crippen LogP contribution in [0.5, 0.6) is 0 Å². The van der Waals surface area contributed by atoms with E-state index in [1.54, 1.807) is 24.3 Å². The first-order valence-corrected chi connectivity index (χ1v) is 3.89. The predicted molar refractivity (Wildman–Crippen MR) is 49.9 cm³/mol. The number of aliphatic hydroxyl groups excluding tert-OH is 1. The Morgan fingerprint density at radius 2 is 2.08 bits per heavy atom. The molecule has 0 atom stereocenters. The SMILES string of the molecule is C=CN(CO)C(=O)c1ccccc1. The van der Waals surface area contributed by atoms with Crippen LogP contribution in [0.4, 0.5) is 0 Å². The second kappa shape index (κ2) is 4.42. The summed E-state index contributed by atoms with van der Waals surface area (Å²) in [4.78, 5) is 12.6. The normalized spacial score (nSPS) is 9.31. The molecule has 0 saturated carbocycles. The van der Waals surface area contributed by atoms with Gasteiger partial charge in [-0.2, -0.15) is 0 Å². The fraction of sp³-hybridized carbons (Fsp3) is 0.100. The topological polar surface area (TPSA) is 40.5 Å². The van der Waals surface area contributed by atoms with Crippen molar-refractivity contribution in [3.8, 4) is 0 Å². The standard InChI is InChI=1S/C10H11NO2/c1-2-11(8-12)10(13)9-6-4-3-5-7-9/h2-7,12H,1,8H2. The minimum Gasteiger partial charge on any atom is -0.376 e. The maximum atomic E-state index is 11.5. The number of aliphatic hydroxyl groups is 1. The van der Waals surface area contributed by atoms with Crippen molar-refractivity contribution >= 4 is 5.91 Å². The van der Waals surface area contributed by atoms with E-state index in [0.29, 0.717) is 5.56 Å². The lowest BCUT2D eigenvalue weighted by Gasteiger charge is -2.13. The molecule has 3 nitrogen and oxygen atoms in total. The molecule has 0 bridgehead atoms. The molecule has 1 aromatic rings. The Morgan fingerprint density at radius 1 is 1.46 bits per heavy atom. The summed E-state index contributed by atoms with van der Waals surface area (Å²) in [5.41, 5.74) is 0.538. The summed E-state index contributed by atoms with van der Waals surface area (Å²) in [6.07, 6.45) is 1.30. The summed E-state index contributed by atoms with van der Waals surface area (Å²) in [6, 6.07) is 8.74. The number of nitrogens with zero attached hydrogens (tertiary/aromatic N) is 1. The minimum atomic E-state index is -0.350. The Bertz CT molecular complexity index is 295. The highest BCUT2D eigenvalue weighted by Crippen LogP contribution is 2.03. The van der Waals surface area contributed by atoms with Gasteiger partial charge in [-0.15, -0.1) is 0 Å². The fourth-order valence-corrected chi connectivity index (χ4v) is 0.951. The van der Waals surface area contributed by atoms with Gasteiger partial charge in [0, 0.05) is 11.8 Å². The molecule has 0 heterocycles. The molecule has 1 N–H and O–H groups in total. The third-order valence-corrected chi connectivity index (χ3v) is 1.65. The summed E-state index contributed by atoms with van der Waals surface area (Å²) in [5.74, 6) is -0.252. The fourth-order valence-electron chi connectivity index (χ4n) is 0.951. The first-order valence-electron chi connectivity index (χ1n) is 3.89. The largest absolute Gasteiger partial charge is 0.376 e. The van der Waals surface area contributed by atoms with Gasteiger partial charge < -0.3 is 5.11 Å². The molecule has 0 aliphatic heterocycles. The van der Waals surface area contributed by atoms with Crippen molar-refractivity contribution in [1.82, 2.24) is 4.90 Å². The molecule has 0 spiro atoms. The third-order valence-electron chi connectivity index (χ3n) is 1.65. The van der Waals surface area contributed by atoms with Crippen molar-refractivity contribution in [2.75, 3.05) is 6.73 Å². The summed E-state index contributed by atoms with van der Waals surface area (Å²) in [7, 11) is 0. The number of rotatable bonds is 3. The van der Waals surface area contributed by atoms with Gasteiger partial charge in [0.25, 0.3) is 5.91 Å². The molecule has 0 fully saturated rings. The van der Waals surface area contributed by atoms with Gasteiger partial charge in [0.2, 0.25) is 0 Å². The van der Waals surface area contributed by atoms with Crippen LogP contribution in [0.25, 0.3) is 0 Å². The van der Waals surface area contributed by atoms with Crippen LogP contribution in [0, 0.1) is 0 Å². The van der Waals surface area contributed by atoms with E-state index in [9.17, 15) is 4.79 Å². The first kappa shape index (κ1) is 9.48. The average molecular weight is 177 g/mol. The Morgan fingerprint density at radius 3 is 2.54 bits per heavy atom. The highest BCUT2D eigenvalue weighted by atomic mass is 16.3. The number of carbonyl (C=O) groups excluding carboxylic acids is 1. The van der Waals surface area contributed by atoms with Gasteiger partial charge in [-0.05, 0) is 12.1 Å². The van der Waals surface area contributed by atoms with Crippen LogP contribution in [0.1, 0.15) is 10.4 Å². The molecule has 68 valence electrons. The molecule has 1 rings (SSSR count). The van der Waals surface area contributed by atoms with Crippen molar-refractivity contribution in [3.63, 3.8) is 0 Å². The minimum absolute atomic E-state index is 0.252. The Balaban J connectivity index is 2.84. The van der Waals surface area contributed by atoms with Crippen molar-refractivity contribution in [2.24, 2.45) is 0 Å². The second-order valence-electron chi connectivity index (χ2n) is 2.46. The molecular weight excluding hydrogens is 166 g/mol. The molecule has 0 radical (unpaired) electrons. The van der Waals surface area contributed by atoms with E-state index in [1.165, 1.54) is 6.20 Å². The van der Waals surface area contributed by atoms with Crippen molar-refractivity contribution < 1.29 is 9.90 Å². The number of hydrogen-bond acceptors (Lipinski definition) is 2. The van der Waals surface area contributed by atoms with Crippen molar-refractivity contribution in [2.45, 2.75) is 0 Å². The van der Waals surface area contributed by atoms with Gasteiger partial charge in [0.1, 0.15) is 6.73 Å². The monoisotopic (exact) mass is 177 g/mol. The zero-order chi connectivity index (χ0) is 9.68. The molecule has 0 unspecified atom stereocenters. The van der Waals surface area contributed by atoms with E-state index < -0.39 is 0 Å². The van der Waals surface area contributed by atoms with Crippen LogP contribution in [-0.2, 0) is 0 Å². The van der Waals surface area contributed by atoms with Crippen LogP contribution in [0.2, 0.25) is 0 Å². The maximum absolute atomic E-state index is 11.5. The molecule has 1 aromatic carbocycles. The van der Waals surface area contributed by atoms with Gasteiger partial charge in [-0.1, -0.05) is 24.8 Å². The van der Waals surface area contributed by atoms with E-state index >= 15 is 0 Å². The first-order chi connectivity index (χ1) is 6.29. The van der Waals surface area contributed by atoms with Gasteiger partial charge in [-0.3, -0.25) is 9.69 Å². The number of hydrogen-bond donors (Lipinski definition) is 1. The molecular formula is C10H11NO2. The van der Waals surface area contributed by atoms with Crippen LogP contribution >= 0.6 is 0 Å². The van der Waals surface area contributed by atoms with Gasteiger partial charge in [0.05, 0.1) is 0 Å². The third kappa shape index (κ3) is 2.16. The van der Waals surface area contributed by atoms with E-state index in [-0.39, 0.29) is 12.6 Å². The van der Waals surface area contributed by atoms with Gasteiger partial charge in [-0.25, -0.2) is 0 Å². The molecule has 0 aromatic heterocycles. The van der Waals surface area contributed by atoms with Crippen LogP contribution < -0.4 is 0 Å². The van der Waals surface area contributed by atoms with E-state index in [1.807, 2.05) is 6.07 Å². The smallest absolute Gasteiger partial charge is 0.259 e. The van der Waals surface area contributed by atoms with Crippen molar-refractivity contribution in [3.05, 3.63) is 48.7 Å². The van der Waals surface area contributed by atoms with Crippen LogP contribution in [0.3, 0.4) is 0 Å². The lowest BCUT2D eigenvalue weighted by Crippen LogP contribution is -2.26. The van der Waals surface area contributed by atoms with E-state index in [4.69, 9.17) is 5.11 Å². The molecule has 13 heavy (non-hydrogen) atoms. The highest BCUT2D eigenvalue weighted by Gasteiger charge is 2.10. The zero-order valence-corrected chi connectivity index (χ0v) is 7.18. The summed E-state index contributed by atoms with van der Waals surface area (Å²) in [5, 5.41) is 8.79. The lowest BCUT2D eigenvalue weighted by molar-refractivity contribution is 0.0682. The zero-order valence-electron chi connectivity index (χ0n) is 7.18. The average Bonchev–Trinajstić information content (AvgIpc) is 2.21. The van der Waals surface area contributed by atoms with Crippen LogP contribution in [-0.4, -0.2) is 22.6 Å². The number of benzene rings is 1. The second-order valence-corrected chi connectivity index (χ2v) is 2.46.